The van der Waals surface area contributed by atoms with Crippen LogP contribution >= 0.6 is 11.6 Å². The number of halogens is 1. The van der Waals surface area contributed by atoms with Crippen LogP contribution in [0.25, 0.3) is 0 Å². The summed E-state index contributed by atoms with van der Waals surface area (Å²) < 4.78 is 5.47. The highest BCUT2D eigenvalue weighted by Gasteiger charge is 2.00. The van der Waals surface area contributed by atoms with Crippen molar-refractivity contribution in [2.75, 3.05) is 5.43 Å². The minimum Gasteiger partial charge on any atom is -0.439 e. The van der Waals surface area contributed by atoms with Gasteiger partial charge in [-0.2, -0.15) is 4.98 Å². The van der Waals surface area contributed by atoms with Crippen LogP contribution in [-0.2, 0) is 0 Å². The number of ether oxygens (including phenoxy) is 1. The van der Waals surface area contributed by atoms with Gasteiger partial charge in [0.2, 0.25) is 11.8 Å². The van der Waals surface area contributed by atoms with Crippen LogP contribution in [-0.4, -0.2) is 9.97 Å². The van der Waals surface area contributed by atoms with Gasteiger partial charge < -0.3 is 4.74 Å². The number of aromatic nitrogens is 2. The van der Waals surface area contributed by atoms with Gasteiger partial charge in [0, 0.05) is 17.3 Å². The van der Waals surface area contributed by atoms with Gasteiger partial charge in [-0.1, -0.05) is 11.6 Å². The Morgan fingerprint density at radius 1 is 1.19 bits per heavy atom. The van der Waals surface area contributed by atoms with Crippen LogP contribution in [0.2, 0.25) is 5.02 Å². The minimum atomic E-state index is 0.298. The number of nitrogens with one attached hydrogen (secondary N) is 1. The zero-order chi connectivity index (χ0) is 11.4. The normalized spacial score (nSPS) is 9.88. The largest absolute Gasteiger partial charge is 0.439 e. The third-order valence-electron chi connectivity index (χ3n) is 1.80. The number of nitrogens with zero attached hydrogens (tertiary/aromatic N) is 2. The molecule has 0 unspecified atom stereocenters. The average Bonchev–Trinajstić information content (AvgIpc) is 2.32. The lowest BCUT2D eigenvalue weighted by Gasteiger charge is -2.05. The highest BCUT2D eigenvalue weighted by Crippen LogP contribution is 2.21. The highest BCUT2D eigenvalue weighted by molar-refractivity contribution is 6.30. The van der Waals surface area contributed by atoms with Gasteiger partial charge in [-0.3, -0.25) is 5.43 Å². The fourth-order valence-corrected chi connectivity index (χ4v) is 1.22. The maximum atomic E-state index is 5.75. The monoisotopic (exact) mass is 236 g/mol. The first kappa shape index (κ1) is 10.7. The number of hydrogen-bond acceptors (Lipinski definition) is 5. The molecule has 0 bridgehead atoms. The molecule has 0 spiro atoms. The molecular formula is C10H9ClN4O. The summed E-state index contributed by atoms with van der Waals surface area (Å²) in [5, 5.41) is 0.652. The van der Waals surface area contributed by atoms with Crippen LogP contribution in [0.1, 0.15) is 0 Å². The van der Waals surface area contributed by atoms with E-state index >= 15 is 0 Å². The Morgan fingerprint density at radius 2 is 1.94 bits per heavy atom. The molecule has 0 aliphatic heterocycles. The van der Waals surface area contributed by atoms with Crippen molar-refractivity contribution < 1.29 is 4.74 Å². The van der Waals surface area contributed by atoms with E-state index in [4.69, 9.17) is 22.2 Å². The average molecular weight is 237 g/mol. The van der Waals surface area contributed by atoms with E-state index in [1.165, 1.54) is 0 Å². The molecule has 16 heavy (non-hydrogen) atoms. The molecule has 1 heterocycles. The first-order valence-corrected chi connectivity index (χ1v) is 4.89. The third kappa shape index (κ3) is 2.59. The summed E-state index contributed by atoms with van der Waals surface area (Å²) in [5.74, 6) is 6.53. The van der Waals surface area contributed by atoms with Crippen molar-refractivity contribution in [3.05, 3.63) is 41.6 Å². The predicted molar refractivity (Wildman–Crippen MR) is 61.4 cm³/mol. The Kier molecular flexibility index (Phi) is 3.19. The molecule has 1 aromatic carbocycles. The lowest BCUT2D eigenvalue weighted by molar-refractivity contribution is 0.462. The van der Waals surface area contributed by atoms with E-state index in [0.29, 0.717) is 22.6 Å². The Bertz CT molecular complexity index is 475. The van der Waals surface area contributed by atoms with Crippen LogP contribution in [0.5, 0.6) is 11.6 Å². The molecule has 0 saturated carbocycles. The predicted octanol–water partition coefficient (Wildman–Crippen LogP) is 2.21. The van der Waals surface area contributed by atoms with Gasteiger partial charge in [-0.05, 0) is 24.3 Å². The van der Waals surface area contributed by atoms with E-state index in [2.05, 4.69) is 15.4 Å². The molecule has 82 valence electrons. The van der Waals surface area contributed by atoms with Crippen molar-refractivity contribution in [3.63, 3.8) is 0 Å². The van der Waals surface area contributed by atoms with Gasteiger partial charge in [-0.25, -0.2) is 10.8 Å². The van der Waals surface area contributed by atoms with Crippen LogP contribution in [0, 0.1) is 0 Å². The minimum absolute atomic E-state index is 0.298. The van der Waals surface area contributed by atoms with Crippen molar-refractivity contribution in [1.29, 1.82) is 0 Å². The lowest BCUT2D eigenvalue weighted by Crippen LogP contribution is -2.10. The van der Waals surface area contributed by atoms with Gasteiger partial charge in [-0.15, -0.1) is 0 Å². The molecule has 0 amide bonds. The van der Waals surface area contributed by atoms with Gasteiger partial charge in [0.15, 0.2) is 0 Å². The molecule has 0 aliphatic rings. The molecule has 2 aromatic rings. The molecule has 3 N–H and O–H groups in total. The molecule has 2 rings (SSSR count). The summed E-state index contributed by atoms with van der Waals surface area (Å²) in [6.45, 7) is 0. The topological polar surface area (TPSA) is 73.1 Å². The highest BCUT2D eigenvalue weighted by atomic mass is 35.5. The van der Waals surface area contributed by atoms with Crippen LogP contribution in [0.3, 0.4) is 0 Å². The lowest BCUT2D eigenvalue weighted by atomic mass is 10.3. The molecule has 6 heteroatoms. The summed E-state index contributed by atoms with van der Waals surface area (Å²) in [6.07, 6.45) is 1.55. The van der Waals surface area contributed by atoms with E-state index in [1.54, 1.807) is 36.5 Å². The van der Waals surface area contributed by atoms with Crippen molar-refractivity contribution >= 4 is 17.5 Å². The summed E-state index contributed by atoms with van der Waals surface area (Å²) in [5.41, 5.74) is 2.34. The van der Waals surface area contributed by atoms with Crippen LogP contribution in [0.4, 0.5) is 5.95 Å². The fourth-order valence-electron chi connectivity index (χ4n) is 1.09. The number of hydrogen-bond donors (Lipinski definition) is 2. The number of rotatable bonds is 3. The number of nitrogens with two attached hydrogens (primary N) is 1. The van der Waals surface area contributed by atoms with E-state index in [-0.39, 0.29) is 0 Å². The van der Waals surface area contributed by atoms with E-state index in [9.17, 15) is 0 Å². The molecule has 0 radical (unpaired) electrons. The SMILES string of the molecule is NNc1nccc(Oc2ccc(Cl)cc2)n1. The smallest absolute Gasteiger partial charge is 0.240 e. The second-order valence-corrected chi connectivity index (χ2v) is 3.36. The summed E-state index contributed by atoms with van der Waals surface area (Å²) in [6, 6.07) is 8.61. The van der Waals surface area contributed by atoms with Gasteiger partial charge in [0.25, 0.3) is 0 Å². The number of nitrogen functional groups attached to an aromatic ring is 1. The quantitative estimate of drug-likeness (QED) is 0.631. The van der Waals surface area contributed by atoms with Crippen molar-refractivity contribution in [3.8, 4) is 11.6 Å². The van der Waals surface area contributed by atoms with Crippen LogP contribution in [0.15, 0.2) is 36.5 Å². The second kappa shape index (κ2) is 4.78. The first-order chi connectivity index (χ1) is 7.78. The Hall–Kier alpha value is -1.85. The Morgan fingerprint density at radius 3 is 2.62 bits per heavy atom. The summed E-state index contributed by atoms with van der Waals surface area (Å²) in [4.78, 5) is 7.87. The van der Waals surface area contributed by atoms with Crippen molar-refractivity contribution in [1.82, 2.24) is 9.97 Å². The Labute approximate surface area is 97.2 Å². The Balaban J connectivity index is 2.16. The maximum Gasteiger partial charge on any atom is 0.240 e. The van der Waals surface area contributed by atoms with Gasteiger partial charge >= 0.3 is 0 Å². The standard InChI is InChI=1S/C10H9ClN4O/c11-7-1-3-8(4-2-7)16-9-5-6-13-10(14-9)15-12/h1-6H,12H2,(H,13,14,15). The van der Waals surface area contributed by atoms with Gasteiger partial charge in [0.1, 0.15) is 5.75 Å². The number of hydrazine groups is 1. The fraction of sp³-hybridized carbons (Fsp3) is 0. The maximum absolute atomic E-state index is 5.75. The third-order valence-corrected chi connectivity index (χ3v) is 2.05. The zero-order valence-electron chi connectivity index (χ0n) is 8.22. The van der Waals surface area contributed by atoms with Crippen molar-refractivity contribution in [2.24, 2.45) is 5.84 Å². The number of benzene rings is 1. The second-order valence-electron chi connectivity index (χ2n) is 2.92. The summed E-state index contributed by atoms with van der Waals surface area (Å²) in [7, 11) is 0. The molecule has 5 nitrogen and oxygen atoms in total. The van der Waals surface area contributed by atoms with E-state index in [0.717, 1.165) is 0 Å². The molecule has 0 aliphatic carbocycles. The van der Waals surface area contributed by atoms with Gasteiger partial charge in [0.05, 0.1) is 0 Å². The molecule has 1 aromatic heterocycles. The number of anilines is 1. The van der Waals surface area contributed by atoms with Crippen LogP contribution < -0.4 is 16.0 Å². The molecular weight excluding hydrogens is 228 g/mol. The van der Waals surface area contributed by atoms with E-state index in [1.807, 2.05) is 0 Å². The van der Waals surface area contributed by atoms with Crippen molar-refractivity contribution in [2.45, 2.75) is 0 Å². The van der Waals surface area contributed by atoms with E-state index < -0.39 is 0 Å². The first-order valence-electron chi connectivity index (χ1n) is 4.51. The molecule has 0 saturated heterocycles. The molecule has 0 atom stereocenters. The molecule has 0 fully saturated rings. The summed E-state index contributed by atoms with van der Waals surface area (Å²) >= 11 is 5.75. The zero-order valence-corrected chi connectivity index (χ0v) is 8.98.